The van der Waals surface area contributed by atoms with Crippen LogP contribution in [0.2, 0.25) is 0 Å². The summed E-state index contributed by atoms with van der Waals surface area (Å²) in [7, 11) is 0. The molecule has 1 N–H and O–H groups in total. The van der Waals surface area contributed by atoms with Gasteiger partial charge in [0.2, 0.25) is 5.78 Å². The van der Waals surface area contributed by atoms with Gasteiger partial charge in [-0.1, -0.05) is 48.5 Å². The fourth-order valence-corrected chi connectivity index (χ4v) is 3.84. The number of rotatable bonds is 6. The molecule has 0 aliphatic heterocycles. The van der Waals surface area contributed by atoms with Crippen LogP contribution in [0.1, 0.15) is 37.0 Å². The number of benzene rings is 2. The largest absolute Gasteiger partial charge is 0.478 e. The molecule has 2 aromatic heterocycles. The predicted molar refractivity (Wildman–Crippen MR) is 109 cm³/mol. The molecule has 138 valence electrons. The number of oxazole rings is 1. The lowest BCUT2D eigenvalue weighted by atomic mass is 10.0. The highest BCUT2D eigenvalue weighted by Crippen LogP contribution is 2.27. The van der Waals surface area contributed by atoms with Crippen molar-refractivity contribution >= 4 is 46.3 Å². The third kappa shape index (κ3) is 3.63. The van der Waals surface area contributed by atoms with Gasteiger partial charge >= 0.3 is 5.97 Å². The van der Waals surface area contributed by atoms with E-state index in [0.29, 0.717) is 21.5 Å². The van der Waals surface area contributed by atoms with E-state index in [4.69, 9.17) is 4.42 Å². The monoisotopic (exact) mass is 389 g/mol. The van der Waals surface area contributed by atoms with Crippen LogP contribution in [0.4, 0.5) is 0 Å². The topological polar surface area (TPSA) is 80.4 Å². The van der Waals surface area contributed by atoms with E-state index in [1.54, 1.807) is 29.7 Å². The van der Waals surface area contributed by atoms with Gasteiger partial charge in [-0.15, -0.1) is 11.3 Å². The summed E-state index contributed by atoms with van der Waals surface area (Å²) in [5.74, 6) is -1.42. The number of aromatic nitrogens is 1. The molecule has 0 fully saturated rings. The smallest absolute Gasteiger partial charge is 0.337 e. The van der Waals surface area contributed by atoms with Crippen LogP contribution in [0.25, 0.3) is 23.3 Å². The summed E-state index contributed by atoms with van der Waals surface area (Å²) >= 11 is 1.30. The number of Topliss-reactive ketones (excluding diaryl/α,β-unsaturated/α-hetero) is 1. The third-order valence-corrected chi connectivity index (χ3v) is 5.22. The second-order valence-electron chi connectivity index (χ2n) is 6.14. The predicted octanol–water partition coefficient (Wildman–Crippen LogP) is 5.18. The maximum atomic E-state index is 12.6. The molecule has 0 spiro atoms. The quantitative estimate of drug-likeness (QED) is 0.459. The fraction of sp³-hybridized carbons (Fsp3) is 0.0455. The Morgan fingerprint density at radius 3 is 2.54 bits per heavy atom. The lowest BCUT2D eigenvalue weighted by Gasteiger charge is -2.00. The van der Waals surface area contributed by atoms with Crippen LogP contribution in [0.5, 0.6) is 0 Å². The summed E-state index contributed by atoms with van der Waals surface area (Å²) in [5, 5.41) is 11.4. The molecule has 28 heavy (non-hydrogen) atoms. The number of carboxylic acids is 1. The lowest BCUT2D eigenvalue weighted by Crippen LogP contribution is -2.08. The Morgan fingerprint density at radius 1 is 1.04 bits per heavy atom. The van der Waals surface area contributed by atoms with E-state index in [1.165, 1.54) is 11.3 Å². The van der Waals surface area contributed by atoms with Crippen LogP contribution < -0.4 is 0 Å². The number of nitrogens with zero attached hydrogens (tertiary/aromatic N) is 1. The molecule has 2 heterocycles. The van der Waals surface area contributed by atoms with Gasteiger partial charge in [-0.05, 0) is 34.7 Å². The van der Waals surface area contributed by atoms with Gasteiger partial charge in [0.15, 0.2) is 5.58 Å². The van der Waals surface area contributed by atoms with Gasteiger partial charge in [-0.2, -0.15) is 0 Å². The van der Waals surface area contributed by atoms with Crippen LogP contribution >= 0.6 is 11.3 Å². The lowest BCUT2D eigenvalue weighted by molar-refractivity contribution is 0.0696. The number of aromatic carboxylic acids is 1. The molecule has 6 heteroatoms. The van der Waals surface area contributed by atoms with Crippen molar-refractivity contribution in [2.75, 3.05) is 0 Å². The molecule has 0 aliphatic carbocycles. The summed E-state index contributed by atoms with van der Waals surface area (Å²) in [4.78, 5) is 29.2. The SMILES string of the molecule is O=C(Cc1csc(/C=C/c2ccccc2)c1C(=O)O)c1nc2ccccc2o1. The minimum atomic E-state index is -1.06. The van der Waals surface area contributed by atoms with Gasteiger partial charge in [-0.3, -0.25) is 4.79 Å². The Morgan fingerprint density at radius 2 is 1.79 bits per heavy atom. The van der Waals surface area contributed by atoms with Gasteiger partial charge in [0.25, 0.3) is 5.89 Å². The van der Waals surface area contributed by atoms with Crippen molar-refractivity contribution < 1.29 is 19.1 Å². The van der Waals surface area contributed by atoms with E-state index >= 15 is 0 Å². The van der Waals surface area contributed by atoms with Crippen LogP contribution in [0, 0.1) is 0 Å². The molecule has 0 amide bonds. The summed E-state index contributed by atoms with van der Waals surface area (Å²) in [5.41, 5.74) is 2.69. The Hall–Kier alpha value is -3.51. The maximum absolute atomic E-state index is 12.6. The zero-order valence-electron chi connectivity index (χ0n) is 14.7. The summed E-state index contributed by atoms with van der Waals surface area (Å²) in [6.45, 7) is 0. The number of carbonyl (C=O) groups excluding carboxylic acids is 1. The van der Waals surface area contributed by atoms with Gasteiger partial charge in [0.1, 0.15) is 5.52 Å². The first kappa shape index (κ1) is 17.9. The number of carbonyl (C=O) groups is 2. The van der Waals surface area contributed by atoms with Crippen LogP contribution in [0.15, 0.2) is 64.4 Å². The molecule has 0 saturated carbocycles. The van der Waals surface area contributed by atoms with Crippen LogP contribution in [-0.2, 0) is 6.42 Å². The summed E-state index contributed by atoms with van der Waals surface area (Å²) in [6, 6.07) is 16.7. The molecule has 0 unspecified atom stereocenters. The van der Waals surface area contributed by atoms with Gasteiger partial charge in [-0.25, -0.2) is 9.78 Å². The Balaban J connectivity index is 1.61. The molecule has 0 radical (unpaired) electrons. The number of hydrogen-bond acceptors (Lipinski definition) is 5. The first-order valence-corrected chi connectivity index (χ1v) is 9.45. The Labute approximate surface area is 164 Å². The van der Waals surface area contributed by atoms with Crippen molar-refractivity contribution in [3.63, 3.8) is 0 Å². The molecule has 0 aliphatic rings. The molecular weight excluding hydrogens is 374 g/mol. The van der Waals surface area contributed by atoms with Crippen LogP contribution in [-0.4, -0.2) is 21.8 Å². The number of carboxylic acid groups (broad SMARTS) is 1. The summed E-state index contributed by atoms with van der Waals surface area (Å²) in [6.07, 6.45) is 3.53. The number of para-hydroxylation sites is 2. The third-order valence-electron chi connectivity index (χ3n) is 4.22. The highest BCUT2D eigenvalue weighted by Gasteiger charge is 2.22. The highest BCUT2D eigenvalue weighted by molar-refractivity contribution is 7.11. The average Bonchev–Trinajstić information content (AvgIpc) is 3.31. The van der Waals surface area contributed by atoms with E-state index in [0.717, 1.165) is 5.56 Å². The minimum Gasteiger partial charge on any atom is -0.478 e. The van der Waals surface area contributed by atoms with Crippen molar-refractivity contribution in [1.82, 2.24) is 4.98 Å². The van der Waals surface area contributed by atoms with Gasteiger partial charge in [0, 0.05) is 11.3 Å². The van der Waals surface area contributed by atoms with E-state index in [2.05, 4.69) is 4.98 Å². The maximum Gasteiger partial charge on any atom is 0.337 e. The second-order valence-corrected chi connectivity index (χ2v) is 7.05. The second kappa shape index (κ2) is 7.62. The van der Waals surface area contributed by atoms with Crippen molar-refractivity contribution in [3.8, 4) is 0 Å². The van der Waals surface area contributed by atoms with Crippen molar-refractivity contribution in [2.45, 2.75) is 6.42 Å². The van der Waals surface area contributed by atoms with Crippen LogP contribution in [0.3, 0.4) is 0 Å². The van der Waals surface area contributed by atoms with E-state index < -0.39 is 5.97 Å². The summed E-state index contributed by atoms with van der Waals surface area (Å²) < 4.78 is 5.50. The normalized spacial score (nSPS) is 11.3. The van der Waals surface area contributed by atoms with Crippen molar-refractivity contribution in [1.29, 1.82) is 0 Å². The molecule has 0 bridgehead atoms. The average molecular weight is 389 g/mol. The molecule has 4 rings (SSSR count). The molecule has 0 saturated heterocycles. The fourth-order valence-electron chi connectivity index (χ4n) is 2.88. The van der Waals surface area contributed by atoms with Crippen molar-refractivity contribution in [2.24, 2.45) is 0 Å². The molecular formula is C22H15NO4S. The highest BCUT2D eigenvalue weighted by atomic mass is 32.1. The first-order chi connectivity index (χ1) is 13.6. The van der Waals surface area contributed by atoms with Crippen molar-refractivity contribution in [3.05, 3.63) is 87.4 Å². The Kier molecular flexibility index (Phi) is 4.87. The number of fused-ring (bicyclic) bond motifs is 1. The standard InChI is InChI=1S/C22H15NO4S/c24-17(21-23-16-8-4-5-9-18(16)27-21)12-15-13-28-19(20(15)22(25)26)11-10-14-6-2-1-3-7-14/h1-11,13H,12H2,(H,25,26)/b11-10+. The van der Waals surface area contributed by atoms with E-state index in [9.17, 15) is 14.7 Å². The number of thiophene rings is 1. The molecule has 0 atom stereocenters. The number of ketones is 1. The zero-order valence-corrected chi connectivity index (χ0v) is 15.5. The molecule has 4 aromatic rings. The van der Waals surface area contributed by atoms with E-state index in [-0.39, 0.29) is 23.7 Å². The zero-order chi connectivity index (χ0) is 19.5. The van der Waals surface area contributed by atoms with Gasteiger partial charge in [0.05, 0.1) is 5.56 Å². The molecule has 2 aromatic carbocycles. The van der Waals surface area contributed by atoms with Gasteiger partial charge < -0.3 is 9.52 Å². The molecule has 5 nitrogen and oxygen atoms in total. The number of hydrogen-bond donors (Lipinski definition) is 1. The Bertz CT molecular complexity index is 1150. The first-order valence-electron chi connectivity index (χ1n) is 8.57. The van der Waals surface area contributed by atoms with E-state index in [1.807, 2.05) is 42.5 Å². The minimum absolute atomic E-state index is 0.00915.